The van der Waals surface area contributed by atoms with Crippen LogP contribution in [0.2, 0.25) is 5.02 Å². The van der Waals surface area contributed by atoms with Crippen molar-refractivity contribution < 1.29 is 12.8 Å². The molecule has 1 heterocycles. The molecule has 2 aromatic carbocycles. The number of amidine groups is 1. The lowest BCUT2D eigenvalue weighted by Crippen LogP contribution is -2.17. The van der Waals surface area contributed by atoms with Crippen molar-refractivity contribution >= 4 is 44.5 Å². The lowest BCUT2D eigenvalue weighted by Gasteiger charge is -2.12. The molecule has 4 nitrogen and oxygen atoms in total. The number of benzene rings is 2. The van der Waals surface area contributed by atoms with Crippen LogP contribution in [0.25, 0.3) is 0 Å². The molecule has 1 N–H and O–H groups in total. The van der Waals surface area contributed by atoms with E-state index in [4.69, 9.17) is 11.6 Å². The average Bonchev–Trinajstić information content (AvgIpc) is 3.12. The van der Waals surface area contributed by atoms with E-state index in [2.05, 4.69) is 9.71 Å². The van der Waals surface area contributed by atoms with Crippen LogP contribution in [0.1, 0.15) is 5.56 Å². The summed E-state index contributed by atoms with van der Waals surface area (Å²) >= 11 is 7.22. The Hall–Kier alpha value is -2.22. The third kappa shape index (κ3) is 4.07. The molecule has 0 aliphatic heterocycles. The van der Waals surface area contributed by atoms with E-state index in [1.165, 1.54) is 24.3 Å². The van der Waals surface area contributed by atoms with E-state index in [-0.39, 0.29) is 15.7 Å². The fraction of sp³-hybridized carbons (Fsp3) is 0. The second kappa shape index (κ2) is 7.35. The molecule has 25 heavy (non-hydrogen) atoms. The summed E-state index contributed by atoms with van der Waals surface area (Å²) in [6.45, 7) is 0. The summed E-state index contributed by atoms with van der Waals surface area (Å²) in [6.07, 6.45) is 0. The lowest BCUT2D eigenvalue weighted by molar-refractivity contribution is 0.600. The molecule has 0 saturated heterocycles. The molecule has 1 aromatic heterocycles. The van der Waals surface area contributed by atoms with E-state index in [0.29, 0.717) is 10.6 Å². The molecular weight excluding hydrogens is 383 g/mol. The number of hydrogen-bond acceptors (Lipinski definition) is 3. The van der Waals surface area contributed by atoms with Crippen molar-refractivity contribution in [2.45, 2.75) is 4.21 Å². The van der Waals surface area contributed by atoms with E-state index in [1.807, 2.05) is 0 Å². The number of rotatable bonds is 4. The highest BCUT2D eigenvalue weighted by Gasteiger charge is 2.19. The number of halogens is 2. The third-order valence-electron chi connectivity index (χ3n) is 3.22. The Morgan fingerprint density at radius 3 is 2.44 bits per heavy atom. The van der Waals surface area contributed by atoms with Gasteiger partial charge in [0.1, 0.15) is 10.0 Å². The van der Waals surface area contributed by atoms with Gasteiger partial charge in [-0.15, -0.1) is 15.7 Å². The predicted molar refractivity (Wildman–Crippen MR) is 99.5 cm³/mol. The van der Waals surface area contributed by atoms with Gasteiger partial charge in [-0.25, -0.2) is 4.39 Å². The van der Waals surface area contributed by atoms with Crippen LogP contribution in [-0.4, -0.2) is 14.3 Å². The second-order valence-electron chi connectivity index (χ2n) is 4.93. The predicted octanol–water partition coefficient (Wildman–Crippen LogP) is 4.79. The molecule has 0 atom stereocenters. The van der Waals surface area contributed by atoms with Gasteiger partial charge in [0.05, 0.1) is 10.7 Å². The summed E-state index contributed by atoms with van der Waals surface area (Å²) in [5.41, 5.74) is 0.454. The molecule has 128 valence electrons. The number of hydrogen-bond donors (Lipinski definition) is 1. The zero-order valence-corrected chi connectivity index (χ0v) is 15.1. The molecule has 0 amide bonds. The highest BCUT2D eigenvalue weighted by atomic mass is 35.5. The molecule has 0 fully saturated rings. The first-order valence-corrected chi connectivity index (χ1v) is 9.82. The zero-order valence-electron chi connectivity index (χ0n) is 12.7. The van der Waals surface area contributed by atoms with E-state index in [0.717, 1.165) is 11.3 Å². The fourth-order valence-corrected chi connectivity index (χ4v) is 4.22. The molecule has 0 aliphatic rings. The molecule has 0 spiro atoms. The molecule has 0 saturated carbocycles. The molecule has 0 unspecified atom stereocenters. The summed E-state index contributed by atoms with van der Waals surface area (Å²) in [4.78, 5) is 0. The normalized spacial score (nSPS) is 12.2. The number of sulfonamides is 1. The van der Waals surface area contributed by atoms with Crippen molar-refractivity contribution in [1.82, 2.24) is 0 Å². The van der Waals surface area contributed by atoms with Gasteiger partial charge in [-0.3, -0.25) is 0 Å². The zero-order chi connectivity index (χ0) is 17.9. The maximum absolute atomic E-state index is 14.0. The van der Waals surface area contributed by atoms with Crippen molar-refractivity contribution in [3.05, 3.63) is 82.4 Å². The second-order valence-corrected chi connectivity index (χ2v) is 8.12. The van der Waals surface area contributed by atoms with Gasteiger partial charge in [0.2, 0.25) is 0 Å². The Morgan fingerprint density at radius 1 is 1.04 bits per heavy atom. The third-order valence-corrected chi connectivity index (χ3v) is 6.20. The van der Waals surface area contributed by atoms with Crippen molar-refractivity contribution in [1.29, 1.82) is 0 Å². The number of anilines is 1. The van der Waals surface area contributed by atoms with Gasteiger partial charge in [0, 0.05) is 5.56 Å². The van der Waals surface area contributed by atoms with Gasteiger partial charge in [-0.2, -0.15) is 8.42 Å². The smallest absolute Gasteiger partial charge is 0.293 e. The van der Waals surface area contributed by atoms with E-state index < -0.39 is 15.8 Å². The molecule has 0 radical (unpaired) electrons. The summed E-state index contributed by atoms with van der Waals surface area (Å²) in [5, 5.41) is 4.68. The van der Waals surface area contributed by atoms with Gasteiger partial charge in [0.15, 0.2) is 5.84 Å². The Bertz CT molecular complexity index is 1020. The Kier molecular flexibility index (Phi) is 5.17. The lowest BCUT2D eigenvalue weighted by atomic mass is 10.2. The van der Waals surface area contributed by atoms with E-state index in [1.54, 1.807) is 41.8 Å². The minimum Gasteiger partial charge on any atom is -0.337 e. The van der Waals surface area contributed by atoms with Gasteiger partial charge in [-0.05, 0) is 35.7 Å². The maximum Gasteiger partial charge on any atom is 0.293 e. The highest BCUT2D eigenvalue weighted by Crippen LogP contribution is 2.23. The van der Waals surface area contributed by atoms with Crippen molar-refractivity contribution in [3.63, 3.8) is 0 Å². The van der Waals surface area contributed by atoms with Crippen LogP contribution >= 0.6 is 22.9 Å². The van der Waals surface area contributed by atoms with E-state index >= 15 is 0 Å². The maximum atomic E-state index is 14.0. The topological polar surface area (TPSA) is 58.5 Å². The molecule has 0 aliphatic carbocycles. The first-order valence-electron chi connectivity index (χ1n) is 7.12. The van der Waals surface area contributed by atoms with Crippen LogP contribution < -0.4 is 5.32 Å². The van der Waals surface area contributed by atoms with Crippen molar-refractivity contribution in [2.24, 2.45) is 4.40 Å². The van der Waals surface area contributed by atoms with Crippen molar-refractivity contribution in [2.75, 3.05) is 5.32 Å². The minimum atomic E-state index is -3.95. The molecular formula is C17H12ClFN2O2S2. The SMILES string of the molecule is O=S(=O)(/N=C(/Nc1ccccc1F)c1ccccc1Cl)c1cccs1. The minimum absolute atomic E-state index is 0.0518. The van der Waals surface area contributed by atoms with Crippen LogP contribution in [0.15, 0.2) is 74.7 Å². The number of nitrogens with one attached hydrogen (secondary N) is 1. The largest absolute Gasteiger partial charge is 0.337 e. The van der Waals surface area contributed by atoms with Crippen LogP contribution in [0.5, 0.6) is 0 Å². The van der Waals surface area contributed by atoms with Crippen LogP contribution in [0.3, 0.4) is 0 Å². The first kappa shape index (κ1) is 17.6. The quantitative estimate of drug-likeness (QED) is 0.511. The van der Waals surface area contributed by atoms with Gasteiger partial charge < -0.3 is 5.32 Å². The highest BCUT2D eigenvalue weighted by molar-refractivity contribution is 7.92. The number of thiophene rings is 1. The fourth-order valence-electron chi connectivity index (χ4n) is 2.06. The van der Waals surface area contributed by atoms with Crippen LogP contribution in [0, 0.1) is 5.82 Å². The summed E-state index contributed by atoms with van der Waals surface area (Å²) < 4.78 is 42.9. The molecule has 3 aromatic rings. The standard InChI is InChI=1S/C17H12ClFN2O2S2/c18-13-7-2-1-6-12(13)17(20-15-9-4-3-8-14(15)19)21-25(22,23)16-10-5-11-24-16/h1-11H,(H,20,21). The van der Waals surface area contributed by atoms with Crippen LogP contribution in [0.4, 0.5) is 10.1 Å². The van der Waals surface area contributed by atoms with Crippen molar-refractivity contribution in [3.8, 4) is 0 Å². The van der Waals surface area contributed by atoms with Gasteiger partial charge >= 0.3 is 0 Å². The Labute approximate surface area is 153 Å². The first-order chi connectivity index (χ1) is 12.0. The number of nitrogens with zero attached hydrogens (tertiary/aromatic N) is 1. The van der Waals surface area contributed by atoms with E-state index in [9.17, 15) is 12.8 Å². The van der Waals surface area contributed by atoms with Crippen LogP contribution in [-0.2, 0) is 10.0 Å². The van der Waals surface area contributed by atoms with Gasteiger partial charge in [0.25, 0.3) is 10.0 Å². The summed E-state index contributed by atoms with van der Waals surface area (Å²) in [5.74, 6) is -0.583. The Balaban J connectivity index is 2.11. The monoisotopic (exact) mass is 394 g/mol. The average molecular weight is 395 g/mol. The molecule has 0 bridgehead atoms. The summed E-state index contributed by atoms with van der Waals surface area (Å²) in [6, 6.07) is 15.6. The molecule has 8 heteroatoms. The molecule has 3 rings (SSSR count). The number of para-hydroxylation sites is 1. The summed E-state index contributed by atoms with van der Waals surface area (Å²) in [7, 11) is -3.95. The van der Waals surface area contributed by atoms with Gasteiger partial charge in [-0.1, -0.05) is 41.9 Å². The Morgan fingerprint density at radius 2 is 1.76 bits per heavy atom.